The maximum atomic E-state index is 13.0. The average Bonchev–Trinajstić information content (AvgIpc) is 2.48. The molecule has 0 saturated carbocycles. The van der Waals surface area contributed by atoms with Crippen molar-refractivity contribution in [1.82, 2.24) is 10.6 Å². The number of benzene rings is 1. The van der Waals surface area contributed by atoms with Crippen molar-refractivity contribution in [2.75, 3.05) is 19.6 Å². The zero-order valence-corrected chi connectivity index (χ0v) is 13.1. The fourth-order valence-electron chi connectivity index (χ4n) is 1.54. The van der Waals surface area contributed by atoms with Crippen molar-refractivity contribution in [3.8, 4) is 5.75 Å². The van der Waals surface area contributed by atoms with E-state index in [9.17, 15) is 14.0 Å². The fraction of sp³-hybridized carbons (Fsp3) is 0.429. The van der Waals surface area contributed by atoms with Crippen LogP contribution in [0.5, 0.6) is 5.75 Å². The molecule has 124 valence electrons. The first-order chi connectivity index (χ1) is 10.0. The number of hydrogen-bond acceptors (Lipinski definition) is 4. The highest BCUT2D eigenvalue weighted by molar-refractivity contribution is 5.85. The molecule has 0 bridgehead atoms. The van der Waals surface area contributed by atoms with Gasteiger partial charge in [-0.1, -0.05) is 13.0 Å². The minimum absolute atomic E-state index is 0. The number of amides is 2. The van der Waals surface area contributed by atoms with Gasteiger partial charge in [0, 0.05) is 6.07 Å². The molecule has 0 fully saturated rings. The Morgan fingerprint density at radius 1 is 1.32 bits per heavy atom. The van der Waals surface area contributed by atoms with Crippen LogP contribution >= 0.6 is 12.4 Å². The highest BCUT2D eigenvalue weighted by Gasteiger charge is 2.11. The molecule has 1 rings (SSSR count). The van der Waals surface area contributed by atoms with E-state index in [-0.39, 0.29) is 49.9 Å². The van der Waals surface area contributed by atoms with Crippen LogP contribution in [0, 0.1) is 5.82 Å². The zero-order valence-electron chi connectivity index (χ0n) is 12.3. The van der Waals surface area contributed by atoms with E-state index in [1.807, 2.05) is 6.92 Å². The number of hydrogen-bond donors (Lipinski definition) is 3. The van der Waals surface area contributed by atoms with Crippen LogP contribution in [0.1, 0.15) is 13.3 Å². The van der Waals surface area contributed by atoms with E-state index in [2.05, 4.69) is 10.6 Å². The minimum atomic E-state index is -0.395. The van der Waals surface area contributed by atoms with Crippen molar-refractivity contribution in [2.45, 2.75) is 19.4 Å². The molecule has 0 spiro atoms. The summed E-state index contributed by atoms with van der Waals surface area (Å²) in [5, 5.41) is 5.00. The molecular weight excluding hydrogens is 313 g/mol. The number of carbonyl (C=O) groups excluding carboxylic acids is 2. The lowest BCUT2D eigenvalue weighted by Gasteiger charge is -2.18. The SMILES string of the molecule is CCC(CNC(=O)CNC(=O)CN)Oc1cccc(F)c1.Cl. The van der Waals surface area contributed by atoms with Crippen molar-refractivity contribution < 1.29 is 18.7 Å². The number of nitrogens with two attached hydrogens (primary N) is 1. The Morgan fingerprint density at radius 2 is 2.05 bits per heavy atom. The maximum absolute atomic E-state index is 13.0. The Labute approximate surface area is 135 Å². The minimum Gasteiger partial charge on any atom is -0.489 e. The lowest BCUT2D eigenvalue weighted by Crippen LogP contribution is -2.42. The van der Waals surface area contributed by atoms with Gasteiger partial charge < -0.3 is 21.1 Å². The van der Waals surface area contributed by atoms with E-state index >= 15 is 0 Å². The van der Waals surface area contributed by atoms with Crippen molar-refractivity contribution in [1.29, 1.82) is 0 Å². The van der Waals surface area contributed by atoms with Crippen molar-refractivity contribution >= 4 is 24.2 Å². The van der Waals surface area contributed by atoms with Gasteiger partial charge in [0.2, 0.25) is 11.8 Å². The summed E-state index contributed by atoms with van der Waals surface area (Å²) in [7, 11) is 0. The van der Waals surface area contributed by atoms with Crippen LogP contribution in [0.15, 0.2) is 24.3 Å². The quantitative estimate of drug-likeness (QED) is 0.649. The highest BCUT2D eigenvalue weighted by Crippen LogP contribution is 2.14. The van der Waals surface area contributed by atoms with Gasteiger partial charge in [0.15, 0.2) is 0 Å². The maximum Gasteiger partial charge on any atom is 0.239 e. The van der Waals surface area contributed by atoms with E-state index in [1.54, 1.807) is 12.1 Å². The summed E-state index contributed by atoms with van der Waals surface area (Å²) < 4.78 is 18.6. The van der Waals surface area contributed by atoms with Crippen LogP contribution in [0.4, 0.5) is 4.39 Å². The second kappa shape index (κ2) is 10.8. The molecule has 0 radical (unpaired) electrons. The number of nitrogens with one attached hydrogen (secondary N) is 2. The molecule has 2 amide bonds. The van der Waals surface area contributed by atoms with Crippen LogP contribution in [-0.2, 0) is 9.59 Å². The largest absolute Gasteiger partial charge is 0.489 e. The normalized spacial score (nSPS) is 11.0. The Balaban J connectivity index is 0.00000441. The highest BCUT2D eigenvalue weighted by atomic mass is 35.5. The van der Waals surface area contributed by atoms with Crippen LogP contribution in [0.3, 0.4) is 0 Å². The number of halogens is 2. The fourth-order valence-corrected chi connectivity index (χ4v) is 1.54. The van der Waals surface area contributed by atoms with Gasteiger partial charge in [-0.3, -0.25) is 9.59 Å². The Kier molecular flexibility index (Phi) is 9.89. The van der Waals surface area contributed by atoms with Crippen molar-refractivity contribution in [2.24, 2.45) is 5.73 Å². The summed E-state index contributed by atoms with van der Waals surface area (Å²) in [5.74, 6) is -0.699. The molecule has 1 aromatic rings. The molecule has 1 atom stereocenters. The van der Waals surface area contributed by atoms with Gasteiger partial charge >= 0.3 is 0 Å². The molecule has 6 nitrogen and oxygen atoms in total. The topological polar surface area (TPSA) is 93.5 Å². The van der Waals surface area contributed by atoms with Crippen LogP contribution in [0.25, 0.3) is 0 Å². The molecule has 0 aromatic heterocycles. The third-order valence-electron chi connectivity index (χ3n) is 2.71. The molecule has 0 aliphatic carbocycles. The first-order valence-electron chi connectivity index (χ1n) is 6.70. The Hall–Kier alpha value is -1.86. The summed E-state index contributed by atoms with van der Waals surface area (Å²) in [5.41, 5.74) is 5.11. The Morgan fingerprint density at radius 3 is 2.64 bits per heavy atom. The van der Waals surface area contributed by atoms with Crippen LogP contribution < -0.4 is 21.1 Å². The van der Waals surface area contributed by atoms with Crippen molar-refractivity contribution in [3.63, 3.8) is 0 Å². The van der Waals surface area contributed by atoms with Gasteiger partial charge in [0.1, 0.15) is 17.7 Å². The molecule has 0 heterocycles. The second-order valence-electron chi connectivity index (χ2n) is 4.39. The summed E-state index contributed by atoms with van der Waals surface area (Å²) in [6, 6.07) is 5.81. The first-order valence-corrected chi connectivity index (χ1v) is 6.70. The van der Waals surface area contributed by atoms with Gasteiger partial charge in [-0.25, -0.2) is 4.39 Å². The predicted octanol–water partition coefficient (Wildman–Crippen LogP) is 0.596. The van der Waals surface area contributed by atoms with Gasteiger partial charge in [-0.05, 0) is 18.6 Å². The molecule has 0 saturated heterocycles. The smallest absolute Gasteiger partial charge is 0.239 e. The number of carbonyl (C=O) groups is 2. The van der Waals surface area contributed by atoms with Gasteiger partial charge in [0.25, 0.3) is 0 Å². The van der Waals surface area contributed by atoms with E-state index in [0.717, 1.165) is 0 Å². The Bertz CT molecular complexity index is 488. The molecular formula is C14H21ClFN3O3. The van der Waals surface area contributed by atoms with Gasteiger partial charge in [-0.2, -0.15) is 0 Å². The summed E-state index contributed by atoms with van der Waals surface area (Å²) >= 11 is 0. The molecule has 4 N–H and O–H groups in total. The van der Waals surface area contributed by atoms with Crippen molar-refractivity contribution in [3.05, 3.63) is 30.1 Å². The monoisotopic (exact) mass is 333 g/mol. The number of rotatable bonds is 8. The molecule has 8 heteroatoms. The van der Waals surface area contributed by atoms with Gasteiger partial charge in [0.05, 0.1) is 19.6 Å². The third kappa shape index (κ3) is 7.80. The molecule has 1 unspecified atom stereocenters. The number of ether oxygens (including phenoxy) is 1. The second-order valence-corrected chi connectivity index (χ2v) is 4.39. The zero-order chi connectivity index (χ0) is 15.7. The van der Waals surface area contributed by atoms with E-state index in [1.165, 1.54) is 12.1 Å². The third-order valence-corrected chi connectivity index (χ3v) is 2.71. The average molecular weight is 334 g/mol. The van der Waals surface area contributed by atoms with Crippen LogP contribution in [-0.4, -0.2) is 37.6 Å². The lowest BCUT2D eigenvalue weighted by molar-refractivity contribution is -0.125. The van der Waals surface area contributed by atoms with Gasteiger partial charge in [-0.15, -0.1) is 12.4 Å². The van der Waals surface area contributed by atoms with E-state index in [0.29, 0.717) is 12.2 Å². The summed E-state index contributed by atoms with van der Waals surface area (Å²) in [6.07, 6.45) is 0.368. The predicted molar refractivity (Wildman–Crippen MR) is 83.4 cm³/mol. The lowest BCUT2D eigenvalue weighted by atomic mass is 10.2. The molecule has 1 aromatic carbocycles. The van der Waals surface area contributed by atoms with Crippen LogP contribution in [0.2, 0.25) is 0 Å². The standard InChI is InChI=1S/C14H20FN3O3.ClH/c1-2-11(21-12-5-3-4-10(15)6-12)8-17-14(20)9-18-13(19)7-16;/h3-6,11H,2,7-9,16H2,1H3,(H,17,20)(H,18,19);1H. The summed E-state index contributed by atoms with van der Waals surface area (Å²) in [4.78, 5) is 22.4. The molecule has 0 aliphatic heterocycles. The molecule has 0 aliphatic rings. The summed E-state index contributed by atoms with van der Waals surface area (Å²) in [6.45, 7) is 1.87. The molecule has 22 heavy (non-hydrogen) atoms. The van der Waals surface area contributed by atoms with E-state index in [4.69, 9.17) is 10.5 Å². The first kappa shape index (κ1) is 20.1. The van der Waals surface area contributed by atoms with E-state index < -0.39 is 5.91 Å².